The number of halogens is 1. The molecule has 1 fully saturated rings. The minimum Gasteiger partial charge on any atom is -0.338 e. The molecular formula is C13H19ClN4O2. The maximum absolute atomic E-state index is 11.7. The molecule has 2 rings (SSSR count). The fraction of sp³-hybridized carbons (Fsp3) is 0.385. The molecule has 110 valence electrons. The van der Waals surface area contributed by atoms with Crippen LogP contribution in [0.2, 0.25) is 0 Å². The quantitative estimate of drug-likeness (QED) is 0.786. The monoisotopic (exact) mass is 298 g/mol. The first-order chi connectivity index (χ1) is 9.08. The third kappa shape index (κ3) is 3.85. The maximum atomic E-state index is 11.7. The normalized spacial score (nSPS) is 15.9. The van der Waals surface area contributed by atoms with Crippen molar-refractivity contribution in [3.63, 3.8) is 0 Å². The summed E-state index contributed by atoms with van der Waals surface area (Å²) in [5.41, 5.74) is 6.90. The maximum Gasteiger partial charge on any atom is 0.321 e. The highest BCUT2D eigenvalue weighted by Gasteiger charge is 2.19. The Morgan fingerprint density at radius 1 is 1.50 bits per heavy atom. The predicted molar refractivity (Wildman–Crippen MR) is 81.3 cm³/mol. The summed E-state index contributed by atoms with van der Waals surface area (Å²) >= 11 is 0. The second-order valence-electron chi connectivity index (χ2n) is 4.57. The molecule has 1 aromatic rings. The van der Waals surface area contributed by atoms with E-state index in [4.69, 9.17) is 5.73 Å². The lowest BCUT2D eigenvalue weighted by Crippen LogP contribution is -2.46. The van der Waals surface area contributed by atoms with Crippen molar-refractivity contribution in [2.75, 3.05) is 23.3 Å². The zero-order chi connectivity index (χ0) is 13.8. The molecule has 1 heterocycles. The zero-order valence-corrected chi connectivity index (χ0v) is 12.1. The summed E-state index contributed by atoms with van der Waals surface area (Å²) in [6, 6.07) is 6.50. The van der Waals surface area contributed by atoms with Crippen molar-refractivity contribution in [1.29, 1.82) is 0 Å². The van der Waals surface area contributed by atoms with Gasteiger partial charge in [-0.25, -0.2) is 4.79 Å². The molecule has 0 unspecified atom stereocenters. The number of urea groups is 1. The number of rotatable bonds is 3. The molecule has 1 atom stereocenters. The molecule has 20 heavy (non-hydrogen) atoms. The molecule has 0 bridgehead atoms. The third-order valence-electron chi connectivity index (χ3n) is 2.92. The number of carbonyl (C=O) groups excluding carboxylic acids is 2. The third-order valence-corrected chi connectivity index (χ3v) is 2.92. The van der Waals surface area contributed by atoms with E-state index in [2.05, 4.69) is 10.6 Å². The zero-order valence-electron chi connectivity index (χ0n) is 11.3. The Morgan fingerprint density at radius 2 is 2.25 bits per heavy atom. The Bertz CT molecular complexity index is 493. The summed E-state index contributed by atoms with van der Waals surface area (Å²) in [7, 11) is 0. The van der Waals surface area contributed by atoms with Gasteiger partial charge < -0.3 is 16.4 Å². The lowest BCUT2D eigenvalue weighted by molar-refractivity contribution is -0.117. The van der Waals surface area contributed by atoms with Gasteiger partial charge in [0.05, 0.1) is 6.04 Å². The van der Waals surface area contributed by atoms with E-state index in [9.17, 15) is 9.59 Å². The SMILES string of the molecule is C[C@H](N)C(=O)Nc1cccc(N2CCCNC2=O)c1.Cl. The fourth-order valence-electron chi connectivity index (χ4n) is 1.88. The summed E-state index contributed by atoms with van der Waals surface area (Å²) in [6.07, 6.45) is 0.905. The minimum atomic E-state index is -0.568. The topological polar surface area (TPSA) is 87.5 Å². The van der Waals surface area contributed by atoms with Crippen LogP contribution < -0.4 is 21.3 Å². The average molecular weight is 299 g/mol. The van der Waals surface area contributed by atoms with E-state index in [0.717, 1.165) is 12.1 Å². The van der Waals surface area contributed by atoms with Gasteiger partial charge in [0.15, 0.2) is 0 Å². The van der Waals surface area contributed by atoms with Crippen molar-refractivity contribution >= 4 is 35.7 Å². The van der Waals surface area contributed by atoms with E-state index in [1.54, 1.807) is 30.0 Å². The molecule has 0 aliphatic carbocycles. The molecule has 1 aromatic carbocycles. The number of benzene rings is 1. The highest BCUT2D eigenvalue weighted by molar-refractivity contribution is 5.96. The van der Waals surface area contributed by atoms with Crippen LogP contribution in [0.25, 0.3) is 0 Å². The number of hydrogen-bond acceptors (Lipinski definition) is 3. The van der Waals surface area contributed by atoms with Crippen LogP contribution in [-0.4, -0.2) is 31.1 Å². The number of hydrogen-bond donors (Lipinski definition) is 3. The second kappa shape index (κ2) is 7.12. The Balaban J connectivity index is 0.00000200. The van der Waals surface area contributed by atoms with Crippen LogP contribution in [-0.2, 0) is 4.79 Å². The fourth-order valence-corrected chi connectivity index (χ4v) is 1.88. The highest BCUT2D eigenvalue weighted by Crippen LogP contribution is 2.21. The van der Waals surface area contributed by atoms with Crippen LogP contribution in [0.5, 0.6) is 0 Å². The summed E-state index contributed by atoms with van der Waals surface area (Å²) in [5, 5.41) is 5.50. The van der Waals surface area contributed by atoms with Gasteiger partial charge in [0.2, 0.25) is 5.91 Å². The number of anilines is 2. The lowest BCUT2D eigenvalue weighted by atomic mass is 10.2. The Morgan fingerprint density at radius 3 is 2.90 bits per heavy atom. The summed E-state index contributed by atoms with van der Waals surface area (Å²) in [4.78, 5) is 24.9. The number of nitrogens with two attached hydrogens (primary N) is 1. The van der Waals surface area contributed by atoms with E-state index >= 15 is 0 Å². The van der Waals surface area contributed by atoms with Gasteiger partial charge in [0.25, 0.3) is 0 Å². The smallest absolute Gasteiger partial charge is 0.321 e. The summed E-state index contributed by atoms with van der Waals surface area (Å²) < 4.78 is 0. The van der Waals surface area contributed by atoms with Crippen LogP contribution in [0.3, 0.4) is 0 Å². The Labute approximate surface area is 124 Å². The number of nitrogens with zero attached hydrogens (tertiary/aromatic N) is 1. The number of carbonyl (C=O) groups is 2. The van der Waals surface area contributed by atoms with Gasteiger partial charge in [0, 0.05) is 24.5 Å². The first-order valence-corrected chi connectivity index (χ1v) is 6.30. The van der Waals surface area contributed by atoms with Crippen molar-refractivity contribution in [1.82, 2.24) is 5.32 Å². The minimum absolute atomic E-state index is 0. The van der Waals surface area contributed by atoms with Gasteiger partial charge >= 0.3 is 6.03 Å². The molecule has 3 amide bonds. The predicted octanol–water partition coefficient (Wildman–Crippen LogP) is 1.31. The molecule has 7 heteroatoms. The summed E-state index contributed by atoms with van der Waals surface area (Å²) in [5.74, 6) is -0.250. The van der Waals surface area contributed by atoms with Crippen LogP contribution in [0.15, 0.2) is 24.3 Å². The average Bonchev–Trinajstić information content (AvgIpc) is 2.39. The molecule has 0 saturated carbocycles. The molecule has 6 nitrogen and oxygen atoms in total. The van der Waals surface area contributed by atoms with Gasteiger partial charge in [-0.05, 0) is 31.5 Å². The first-order valence-electron chi connectivity index (χ1n) is 6.30. The van der Waals surface area contributed by atoms with Crippen molar-refractivity contribution in [3.8, 4) is 0 Å². The molecule has 1 saturated heterocycles. The lowest BCUT2D eigenvalue weighted by Gasteiger charge is -2.27. The van der Waals surface area contributed by atoms with E-state index in [0.29, 0.717) is 18.8 Å². The van der Waals surface area contributed by atoms with Crippen molar-refractivity contribution < 1.29 is 9.59 Å². The molecule has 0 radical (unpaired) electrons. The summed E-state index contributed by atoms with van der Waals surface area (Å²) in [6.45, 7) is 3.00. The Hall–Kier alpha value is -1.79. The molecule has 0 spiro atoms. The number of amides is 3. The van der Waals surface area contributed by atoms with Gasteiger partial charge in [-0.15, -0.1) is 12.4 Å². The molecular weight excluding hydrogens is 280 g/mol. The van der Waals surface area contributed by atoms with Crippen LogP contribution in [0.1, 0.15) is 13.3 Å². The molecule has 1 aliphatic heterocycles. The van der Waals surface area contributed by atoms with Crippen LogP contribution >= 0.6 is 12.4 Å². The van der Waals surface area contributed by atoms with Crippen molar-refractivity contribution in [2.45, 2.75) is 19.4 Å². The van der Waals surface area contributed by atoms with Gasteiger partial charge in [-0.2, -0.15) is 0 Å². The van der Waals surface area contributed by atoms with E-state index in [-0.39, 0.29) is 24.3 Å². The standard InChI is InChI=1S/C13H18N4O2.ClH/c1-9(14)12(18)16-10-4-2-5-11(8-10)17-7-3-6-15-13(17)19;/h2,4-5,8-9H,3,6-7,14H2,1H3,(H,15,19)(H,16,18);1H/t9-;/m0./s1. The molecule has 1 aliphatic rings. The molecule has 4 N–H and O–H groups in total. The molecule has 0 aromatic heterocycles. The second-order valence-corrected chi connectivity index (χ2v) is 4.57. The number of nitrogens with one attached hydrogen (secondary N) is 2. The van der Waals surface area contributed by atoms with Crippen molar-refractivity contribution in [3.05, 3.63) is 24.3 Å². The van der Waals surface area contributed by atoms with E-state index < -0.39 is 6.04 Å². The van der Waals surface area contributed by atoms with Crippen LogP contribution in [0, 0.1) is 0 Å². The van der Waals surface area contributed by atoms with Gasteiger partial charge in [-0.3, -0.25) is 9.69 Å². The van der Waals surface area contributed by atoms with Gasteiger partial charge in [-0.1, -0.05) is 6.07 Å². The highest BCUT2D eigenvalue weighted by atomic mass is 35.5. The van der Waals surface area contributed by atoms with Crippen LogP contribution in [0.4, 0.5) is 16.2 Å². The van der Waals surface area contributed by atoms with E-state index in [1.165, 1.54) is 0 Å². The van der Waals surface area contributed by atoms with E-state index in [1.807, 2.05) is 6.07 Å². The Kier molecular flexibility index (Phi) is 5.79. The largest absolute Gasteiger partial charge is 0.338 e. The van der Waals surface area contributed by atoms with Gasteiger partial charge in [0.1, 0.15) is 0 Å². The first kappa shape index (κ1) is 16.3. The van der Waals surface area contributed by atoms with Crippen molar-refractivity contribution in [2.24, 2.45) is 5.73 Å².